The first-order valence-corrected chi connectivity index (χ1v) is 7.08. The maximum absolute atomic E-state index is 11.1. The van der Waals surface area contributed by atoms with Crippen molar-refractivity contribution in [2.24, 2.45) is 0 Å². The molecule has 2 aromatic rings. The van der Waals surface area contributed by atoms with Crippen molar-refractivity contribution in [2.45, 2.75) is 24.9 Å². The molecule has 19 heavy (non-hydrogen) atoms. The highest BCUT2D eigenvalue weighted by molar-refractivity contribution is 7.99. The number of benzene rings is 1. The average molecular weight is 276 g/mol. The van der Waals surface area contributed by atoms with Crippen LogP contribution in [0.1, 0.15) is 19.4 Å². The molecule has 0 aliphatic heterocycles. The fraction of sp³-hybridized carbons (Fsp3) is 0.308. The molecule has 0 aliphatic carbocycles. The molecule has 0 saturated carbocycles. The number of nitrogens with zero attached hydrogens (tertiary/aromatic N) is 2. The second kappa shape index (κ2) is 6.38. The molecular weight excluding hydrogens is 260 g/mol. The molecule has 0 radical (unpaired) electrons. The SMILES string of the molecule is CC(C)SCc1ccc(Nc2nncc(=O)[nH]2)cc1. The third-order valence-corrected chi connectivity index (χ3v) is 3.54. The lowest BCUT2D eigenvalue weighted by atomic mass is 10.2. The Balaban J connectivity index is 2.00. The summed E-state index contributed by atoms with van der Waals surface area (Å²) in [7, 11) is 0. The molecule has 1 heterocycles. The molecule has 0 amide bonds. The van der Waals surface area contributed by atoms with Crippen LogP contribution in [0.2, 0.25) is 0 Å². The Bertz CT molecular complexity index is 580. The van der Waals surface area contributed by atoms with E-state index in [4.69, 9.17) is 0 Å². The zero-order valence-electron chi connectivity index (χ0n) is 10.9. The van der Waals surface area contributed by atoms with Gasteiger partial charge in [0.25, 0.3) is 5.56 Å². The molecule has 0 fully saturated rings. The molecule has 100 valence electrons. The summed E-state index contributed by atoms with van der Waals surface area (Å²) in [6, 6.07) is 8.05. The average Bonchev–Trinajstić information content (AvgIpc) is 2.38. The molecule has 0 saturated heterocycles. The van der Waals surface area contributed by atoms with Crippen molar-refractivity contribution in [2.75, 3.05) is 5.32 Å². The van der Waals surface area contributed by atoms with E-state index in [1.54, 1.807) is 0 Å². The predicted molar refractivity (Wildman–Crippen MR) is 78.8 cm³/mol. The zero-order chi connectivity index (χ0) is 13.7. The highest BCUT2D eigenvalue weighted by Crippen LogP contribution is 2.19. The van der Waals surface area contributed by atoms with Gasteiger partial charge in [-0.25, -0.2) is 0 Å². The number of aromatic amines is 1. The van der Waals surface area contributed by atoms with Gasteiger partial charge in [-0.2, -0.15) is 11.8 Å². The lowest BCUT2D eigenvalue weighted by Crippen LogP contribution is -2.10. The summed E-state index contributed by atoms with van der Waals surface area (Å²) in [6.07, 6.45) is 1.14. The lowest BCUT2D eigenvalue weighted by Gasteiger charge is -2.07. The third-order valence-electron chi connectivity index (χ3n) is 2.37. The molecular formula is C13H16N4OS. The van der Waals surface area contributed by atoms with E-state index in [1.165, 1.54) is 5.56 Å². The van der Waals surface area contributed by atoms with Crippen LogP contribution in [-0.4, -0.2) is 20.4 Å². The first-order chi connectivity index (χ1) is 9.13. The molecule has 0 atom stereocenters. The van der Waals surface area contributed by atoms with Crippen LogP contribution in [-0.2, 0) is 5.75 Å². The minimum atomic E-state index is -0.276. The molecule has 0 unspecified atom stereocenters. The topological polar surface area (TPSA) is 70.7 Å². The summed E-state index contributed by atoms with van der Waals surface area (Å²) in [5.41, 5.74) is 1.87. The number of H-pyrrole nitrogens is 1. The fourth-order valence-electron chi connectivity index (χ4n) is 1.45. The van der Waals surface area contributed by atoms with E-state index >= 15 is 0 Å². The van der Waals surface area contributed by atoms with Gasteiger partial charge in [-0.05, 0) is 22.9 Å². The van der Waals surface area contributed by atoms with Crippen molar-refractivity contribution in [1.29, 1.82) is 0 Å². The second-order valence-electron chi connectivity index (χ2n) is 4.36. The fourth-order valence-corrected chi connectivity index (χ4v) is 2.17. The van der Waals surface area contributed by atoms with Crippen molar-refractivity contribution in [3.63, 3.8) is 0 Å². The van der Waals surface area contributed by atoms with E-state index in [0.717, 1.165) is 17.6 Å². The minimum absolute atomic E-state index is 0.276. The number of rotatable bonds is 5. The Labute approximate surface area is 115 Å². The first kappa shape index (κ1) is 13.6. The molecule has 5 nitrogen and oxygen atoms in total. The van der Waals surface area contributed by atoms with Gasteiger partial charge in [-0.15, -0.1) is 10.2 Å². The summed E-state index contributed by atoms with van der Waals surface area (Å²) in [5.74, 6) is 1.34. The Hall–Kier alpha value is -1.82. The van der Waals surface area contributed by atoms with Gasteiger partial charge in [0.2, 0.25) is 5.95 Å². The van der Waals surface area contributed by atoms with Crippen LogP contribution < -0.4 is 10.9 Å². The predicted octanol–water partition coefficient (Wildman–Crippen LogP) is 2.55. The van der Waals surface area contributed by atoms with Crippen LogP contribution in [0.25, 0.3) is 0 Å². The Morgan fingerprint density at radius 3 is 2.68 bits per heavy atom. The van der Waals surface area contributed by atoms with Gasteiger partial charge in [-0.1, -0.05) is 26.0 Å². The van der Waals surface area contributed by atoms with Gasteiger partial charge in [0.05, 0.1) is 0 Å². The lowest BCUT2D eigenvalue weighted by molar-refractivity contribution is 0.953. The Morgan fingerprint density at radius 2 is 2.05 bits per heavy atom. The van der Waals surface area contributed by atoms with E-state index in [-0.39, 0.29) is 5.56 Å². The van der Waals surface area contributed by atoms with Crippen LogP contribution in [0.3, 0.4) is 0 Å². The largest absolute Gasteiger partial charge is 0.324 e. The molecule has 1 aromatic carbocycles. The van der Waals surface area contributed by atoms with Gasteiger partial charge in [0.15, 0.2) is 0 Å². The molecule has 2 rings (SSSR count). The summed E-state index contributed by atoms with van der Waals surface area (Å²) < 4.78 is 0. The number of nitrogens with one attached hydrogen (secondary N) is 2. The van der Waals surface area contributed by atoms with Crippen molar-refractivity contribution in [3.8, 4) is 0 Å². The van der Waals surface area contributed by atoms with Gasteiger partial charge in [0.1, 0.15) is 6.20 Å². The Kier molecular flexibility index (Phi) is 4.57. The van der Waals surface area contributed by atoms with E-state index in [9.17, 15) is 4.79 Å². The minimum Gasteiger partial charge on any atom is -0.324 e. The van der Waals surface area contributed by atoms with E-state index in [0.29, 0.717) is 11.2 Å². The van der Waals surface area contributed by atoms with E-state index in [1.807, 2.05) is 23.9 Å². The van der Waals surface area contributed by atoms with Gasteiger partial charge in [0, 0.05) is 11.4 Å². The van der Waals surface area contributed by atoms with Gasteiger partial charge >= 0.3 is 0 Å². The first-order valence-electron chi connectivity index (χ1n) is 6.03. The maximum atomic E-state index is 11.1. The Morgan fingerprint density at radius 1 is 1.32 bits per heavy atom. The quantitative estimate of drug-likeness (QED) is 0.878. The second-order valence-corrected chi connectivity index (χ2v) is 5.93. The normalized spacial score (nSPS) is 10.7. The maximum Gasteiger partial charge on any atom is 0.271 e. The molecule has 1 aromatic heterocycles. The highest BCUT2D eigenvalue weighted by Gasteiger charge is 2.00. The van der Waals surface area contributed by atoms with Gasteiger partial charge in [-0.3, -0.25) is 9.78 Å². The third kappa shape index (κ3) is 4.40. The van der Waals surface area contributed by atoms with Crippen molar-refractivity contribution < 1.29 is 0 Å². The number of anilines is 2. The van der Waals surface area contributed by atoms with Crippen LogP contribution >= 0.6 is 11.8 Å². The monoisotopic (exact) mass is 276 g/mol. The zero-order valence-corrected chi connectivity index (χ0v) is 11.7. The number of hydrogen-bond acceptors (Lipinski definition) is 5. The van der Waals surface area contributed by atoms with E-state index in [2.05, 4.69) is 46.5 Å². The van der Waals surface area contributed by atoms with Crippen LogP contribution in [0.15, 0.2) is 35.3 Å². The summed E-state index contributed by atoms with van der Waals surface area (Å²) in [6.45, 7) is 4.37. The molecule has 2 N–H and O–H groups in total. The number of thioether (sulfide) groups is 1. The molecule has 0 bridgehead atoms. The molecule has 0 aliphatic rings. The summed E-state index contributed by atoms with van der Waals surface area (Å²) in [5, 5.41) is 11.0. The smallest absolute Gasteiger partial charge is 0.271 e. The van der Waals surface area contributed by atoms with Gasteiger partial charge < -0.3 is 5.32 Å². The number of hydrogen-bond donors (Lipinski definition) is 2. The standard InChI is InChI=1S/C13H16N4OS/c1-9(2)19-8-10-3-5-11(6-4-10)15-13-16-12(18)7-14-17-13/h3-7,9H,8H2,1-2H3,(H2,15,16,17,18). The van der Waals surface area contributed by atoms with Crippen LogP contribution in [0.4, 0.5) is 11.6 Å². The van der Waals surface area contributed by atoms with E-state index < -0.39 is 0 Å². The summed E-state index contributed by atoms with van der Waals surface area (Å²) in [4.78, 5) is 13.6. The number of aromatic nitrogens is 3. The summed E-state index contributed by atoms with van der Waals surface area (Å²) >= 11 is 1.91. The van der Waals surface area contributed by atoms with Crippen molar-refractivity contribution in [1.82, 2.24) is 15.2 Å². The van der Waals surface area contributed by atoms with Crippen molar-refractivity contribution in [3.05, 3.63) is 46.4 Å². The van der Waals surface area contributed by atoms with Crippen molar-refractivity contribution >= 4 is 23.4 Å². The van der Waals surface area contributed by atoms with Crippen LogP contribution in [0.5, 0.6) is 0 Å². The van der Waals surface area contributed by atoms with Crippen LogP contribution in [0, 0.1) is 0 Å². The molecule has 0 spiro atoms. The molecule has 6 heteroatoms. The highest BCUT2D eigenvalue weighted by atomic mass is 32.2.